The number of nitrogens with two attached hydrogens (primary N) is 1. The fourth-order valence-electron chi connectivity index (χ4n) is 3.15. The third-order valence-corrected chi connectivity index (χ3v) is 4.27. The SMILES string of the molecule is NC1(CC(=O)Nc2cccc3cccnc23)CCCCC1. The van der Waals surface area contributed by atoms with Gasteiger partial charge in [0.2, 0.25) is 5.91 Å². The first kappa shape index (κ1) is 14.0. The van der Waals surface area contributed by atoms with Gasteiger partial charge in [0, 0.05) is 23.5 Å². The smallest absolute Gasteiger partial charge is 0.226 e. The standard InChI is InChI=1S/C17H21N3O/c18-17(9-2-1-3-10-17)12-15(21)20-14-8-4-6-13-7-5-11-19-16(13)14/h4-8,11H,1-3,9-10,12,18H2,(H,20,21). The van der Waals surface area contributed by atoms with Gasteiger partial charge in [-0.3, -0.25) is 9.78 Å². The summed E-state index contributed by atoms with van der Waals surface area (Å²) in [7, 11) is 0. The van der Waals surface area contributed by atoms with E-state index in [4.69, 9.17) is 5.73 Å². The lowest BCUT2D eigenvalue weighted by Crippen LogP contribution is -2.44. The number of rotatable bonds is 3. The summed E-state index contributed by atoms with van der Waals surface area (Å²) >= 11 is 0. The van der Waals surface area contributed by atoms with Crippen molar-refractivity contribution in [1.29, 1.82) is 0 Å². The number of benzene rings is 1. The monoisotopic (exact) mass is 283 g/mol. The molecule has 21 heavy (non-hydrogen) atoms. The van der Waals surface area contributed by atoms with Crippen LogP contribution in [-0.2, 0) is 4.79 Å². The van der Waals surface area contributed by atoms with E-state index in [1.54, 1.807) is 6.20 Å². The summed E-state index contributed by atoms with van der Waals surface area (Å²) in [6, 6.07) is 9.69. The predicted molar refractivity (Wildman–Crippen MR) is 85.0 cm³/mol. The Balaban J connectivity index is 1.74. The molecule has 1 heterocycles. The normalized spacial score (nSPS) is 17.6. The summed E-state index contributed by atoms with van der Waals surface area (Å²) in [4.78, 5) is 16.7. The molecule has 0 unspecified atom stereocenters. The average molecular weight is 283 g/mol. The molecule has 0 spiro atoms. The zero-order valence-electron chi connectivity index (χ0n) is 12.1. The van der Waals surface area contributed by atoms with Crippen molar-refractivity contribution in [2.75, 3.05) is 5.32 Å². The Morgan fingerprint density at radius 2 is 1.95 bits per heavy atom. The highest BCUT2D eigenvalue weighted by Crippen LogP contribution is 2.29. The third-order valence-electron chi connectivity index (χ3n) is 4.27. The van der Waals surface area contributed by atoms with Gasteiger partial charge in [0.1, 0.15) is 0 Å². The van der Waals surface area contributed by atoms with E-state index in [0.29, 0.717) is 6.42 Å². The van der Waals surface area contributed by atoms with Crippen LogP contribution >= 0.6 is 0 Å². The molecule has 1 aliphatic carbocycles. The molecule has 1 aliphatic rings. The van der Waals surface area contributed by atoms with E-state index in [1.165, 1.54) is 6.42 Å². The summed E-state index contributed by atoms with van der Waals surface area (Å²) in [6.07, 6.45) is 7.48. The fraction of sp³-hybridized carbons (Fsp3) is 0.412. The third kappa shape index (κ3) is 3.22. The quantitative estimate of drug-likeness (QED) is 0.908. The molecular weight excluding hydrogens is 262 g/mol. The number of anilines is 1. The van der Waals surface area contributed by atoms with Crippen molar-refractivity contribution in [3.05, 3.63) is 36.5 Å². The number of amides is 1. The molecule has 0 radical (unpaired) electrons. The van der Waals surface area contributed by atoms with Crippen molar-refractivity contribution in [3.63, 3.8) is 0 Å². The summed E-state index contributed by atoms with van der Waals surface area (Å²) in [5.41, 5.74) is 7.60. The lowest BCUT2D eigenvalue weighted by molar-refractivity contribution is -0.117. The Morgan fingerprint density at radius 1 is 1.19 bits per heavy atom. The minimum Gasteiger partial charge on any atom is -0.325 e. The van der Waals surface area contributed by atoms with E-state index in [2.05, 4.69) is 10.3 Å². The second-order valence-electron chi connectivity index (χ2n) is 6.03. The number of para-hydroxylation sites is 1. The zero-order chi connectivity index (χ0) is 14.7. The van der Waals surface area contributed by atoms with E-state index in [0.717, 1.165) is 42.3 Å². The Morgan fingerprint density at radius 3 is 2.76 bits per heavy atom. The minimum atomic E-state index is -0.333. The van der Waals surface area contributed by atoms with E-state index in [9.17, 15) is 4.79 Å². The molecule has 1 saturated carbocycles. The lowest BCUT2D eigenvalue weighted by Gasteiger charge is -2.32. The first-order valence-electron chi connectivity index (χ1n) is 7.59. The van der Waals surface area contributed by atoms with Gasteiger partial charge in [-0.1, -0.05) is 37.5 Å². The highest BCUT2D eigenvalue weighted by Gasteiger charge is 2.30. The average Bonchev–Trinajstić information content (AvgIpc) is 2.48. The Hall–Kier alpha value is -1.94. The van der Waals surface area contributed by atoms with Gasteiger partial charge in [0.15, 0.2) is 0 Å². The zero-order valence-corrected chi connectivity index (χ0v) is 12.1. The van der Waals surface area contributed by atoms with Gasteiger partial charge in [-0.05, 0) is 25.0 Å². The van der Waals surface area contributed by atoms with Crippen molar-refractivity contribution in [2.45, 2.75) is 44.1 Å². The van der Waals surface area contributed by atoms with Gasteiger partial charge < -0.3 is 11.1 Å². The molecule has 0 bridgehead atoms. The summed E-state index contributed by atoms with van der Waals surface area (Å²) in [5.74, 6) is -0.0162. The van der Waals surface area contributed by atoms with Crippen LogP contribution < -0.4 is 11.1 Å². The second-order valence-corrected chi connectivity index (χ2v) is 6.03. The van der Waals surface area contributed by atoms with Crippen LogP contribution in [0.4, 0.5) is 5.69 Å². The summed E-state index contributed by atoms with van der Waals surface area (Å²) in [5, 5.41) is 4.00. The Bertz CT molecular complexity index is 642. The van der Waals surface area contributed by atoms with Gasteiger partial charge in [0.05, 0.1) is 11.2 Å². The highest BCUT2D eigenvalue weighted by molar-refractivity contribution is 6.00. The highest BCUT2D eigenvalue weighted by atomic mass is 16.1. The molecule has 4 heteroatoms. The van der Waals surface area contributed by atoms with Gasteiger partial charge >= 0.3 is 0 Å². The number of hydrogen-bond donors (Lipinski definition) is 2. The molecule has 2 aromatic rings. The molecule has 0 aliphatic heterocycles. The largest absolute Gasteiger partial charge is 0.325 e. The van der Waals surface area contributed by atoms with Crippen LogP contribution in [-0.4, -0.2) is 16.4 Å². The fourth-order valence-corrected chi connectivity index (χ4v) is 3.15. The lowest BCUT2D eigenvalue weighted by atomic mass is 9.80. The second kappa shape index (κ2) is 5.82. The predicted octanol–water partition coefficient (Wildman–Crippen LogP) is 3.23. The molecule has 0 saturated heterocycles. The number of pyridine rings is 1. The molecule has 3 N–H and O–H groups in total. The molecule has 4 nitrogen and oxygen atoms in total. The van der Waals surface area contributed by atoms with Crippen molar-refractivity contribution in [1.82, 2.24) is 4.98 Å². The number of fused-ring (bicyclic) bond motifs is 1. The molecule has 0 atom stereocenters. The van der Waals surface area contributed by atoms with Gasteiger partial charge in [-0.25, -0.2) is 0 Å². The van der Waals surface area contributed by atoms with Crippen LogP contribution in [0.2, 0.25) is 0 Å². The maximum atomic E-state index is 12.3. The molecule has 1 aromatic carbocycles. The maximum absolute atomic E-state index is 12.3. The van der Waals surface area contributed by atoms with E-state index < -0.39 is 0 Å². The van der Waals surface area contributed by atoms with E-state index in [1.807, 2.05) is 30.3 Å². The number of nitrogens with zero attached hydrogens (tertiary/aromatic N) is 1. The van der Waals surface area contributed by atoms with Crippen molar-refractivity contribution < 1.29 is 4.79 Å². The van der Waals surface area contributed by atoms with Crippen molar-refractivity contribution in [2.24, 2.45) is 5.73 Å². The van der Waals surface area contributed by atoms with E-state index >= 15 is 0 Å². The Kier molecular flexibility index (Phi) is 3.88. The van der Waals surface area contributed by atoms with Gasteiger partial charge in [-0.2, -0.15) is 0 Å². The van der Waals surface area contributed by atoms with Crippen LogP contribution in [0.1, 0.15) is 38.5 Å². The molecular formula is C17H21N3O. The summed E-state index contributed by atoms with van der Waals surface area (Å²) < 4.78 is 0. The van der Waals surface area contributed by atoms with Crippen LogP contribution in [0.3, 0.4) is 0 Å². The number of aromatic nitrogens is 1. The van der Waals surface area contributed by atoms with E-state index in [-0.39, 0.29) is 11.4 Å². The molecule has 1 amide bonds. The molecule has 3 rings (SSSR count). The maximum Gasteiger partial charge on any atom is 0.226 e. The van der Waals surface area contributed by atoms with Gasteiger partial charge in [0.25, 0.3) is 0 Å². The Labute approximate surface area is 124 Å². The first-order chi connectivity index (χ1) is 10.2. The number of carbonyl (C=O) groups excluding carboxylic acids is 1. The van der Waals surface area contributed by atoms with Crippen molar-refractivity contribution in [3.8, 4) is 0 Å². The summed E-state index contributed by atoms with van der Waals surface area (Å²) in [6.45, 7) is 0. The minimum absolute atomic E-state index is 0.0162. The number of nitrogens with one attached hydrogen (secondary N) is 1. The van der Waals surface area contributed by atoms with Crippen molar-refractivity contribution >= 4 is 22.5 Å². The van der Waals surface area contributed by atoms with Crippen LogP contribution in [0, 0.1) is 0 Å². The van der Waals surface area contributed by atoms with Crippen LogP contribution in [0.15, 0.2) is 36.5 Å². The molecule has 110 valence electrons. The number of carbonyl (C=O) groups is 1. The van der Waals surface area contributed by atoms with Crippen LogP contribution in [0.5, 0.6) is 0 Å². The first-order valence-corrected chi connectivity index (χ1v) is 7.59. The molecule has 1 aromatic heterocycles. The topological polar surface area (TPSA) is 68.0 Å². The molecule has 1 fully saturated rings. The van der Waals surface area contributed by atoms with Crippen LogP contribution in [0.25, 0.3) is 10.9 Å². The number of hydrogen-bond acceptors (Lipinski definition) is 3. The van der Waals surface area contributed by atoms with Gasteiger partial charge in [-0.15, -0.1) is 0 Å².